The highest BCUT2D eigenvalue weighted by Crippen LogP contribution is 2.36. The minimum absolute atomic E-state index is 0.359. The normalized spacial score (nSPS) is 11.0. The van der Waals surface area contributed by atoms with E-state index >= 15 is 0 Å². The van der Waals surface area contributed by atoms with Crippen molar-refractivity contribution in [1.82, 2.24) is 0 Å². The number of benzene rings is 2. The Balaban J connectivity index is 2.29. The molecular formula is C23H24O4S2. The first-order valence-corrected chi connectivity index (χ1v) is 10.8. The summed E-state index contributed by atoms with van der Waals surface area (Å²) in [5.74, 6) is -0.722. The first-order chi connectivity index (χ1) is 14.1. The molecule has 2 aromatic rings. The Kier molecular flexibility index (Phi) is 9.60. The molecular weight excluding hydrogens is 404 g/mol. The summed E-state index contributed by atoms with van der Waals surface area (Å²) < 4.78 is 9.77. The van der Waals surface area contributed by atoms with Gasteiger partial charge in [0.25, 0.3) is 0 Å². The SMILES string of the molecule is C=CCCC/C(=C/Sc1ccccc1C(=O)OC)Sc1ccccc1C(=O)OC. The maximum Gasteiger partial charge on any atom is 0.339 e. The number of methoxy groups -OCH3 is 2. The predicted molar refractivity (Wildman–Crippen MR) is 119 cm³/mol. The van der Waals surface area contributed by atoms with Crippen LogP contribution in [0.1, 0.15) is 40.0 Å². The Hall–Kier alpha value is -2.44. The van der Waals surface area contributed by atoms with E-state index in [0.29, 0.717) is 11.1 Å². The minimum atomic E-state index is -0.363. The maximum absolute atomic E-state index is 12.1. The van der Waals surface area contributed by atoms with Crippen molar-refractivity contribution in [2.24, 2.45) is 0 Å². The van der Waals surface area contributed by atoms with E-state index in [1.54, 1.807) is 12.1 Å². The molecule has 0 radical (unpaired) electrons. The average molecular weight is 429 g/mol. The number of carbonyl (C=O) groups is 2. The van der Waals surface area contributed by atoms with Gasteiger partial charge in [-0.15, -0.1) is 6.58 Å². The maximum atomic E-state index is 12.1. The summed E-state index contributed by atoms with van der Waals surface area (Å²) in [5.41, 5.74) is 1.07. The van der Waals surface area contributed by atoms with Crippen LogP contribution in [0, 0.1) is 0 Å². The second kappa shape index (κ2) is 12.2. The molecule has 0 spiro atoms. The third-order valence-corrected chi connectivity index (χ3v) is 6.30. The standard InChI is InChI=1S/C23H24O4S2/c1-4-5-6-11-17(29-21-15-10-8-13-19(21)23(25)27-3)16-28-20-14-9-7-12-18(20)22(24)26-2/h4,7-10,12-16H,1,5-6,11H2,2-3H3/b17-16-. The zero-order valence-corrected chi connectivity index (χ0v) is 18.2. The van der Waals surface area contributed by atoms with Gasteiger partial charge in [0.2, 0.25) is 0 Å². The number of unbranched alkanes of at least 4 members (excludes halogenated alkanes) is 1. The lowest BCUT2D eigenvalue weighted by molar-refractivity contribution is 0.0588. The fourth-order valence-corrected chi connectivity index (χ4v) is 4.59. The lowest BCUT2D eigenvalue weighted by atomic mass is 10.2. The van der Waals surface area contributed by atoms with Gasteiger partial charge in [0, 0.05) is 9.79 Å². The molecule has 0 saturated heterocycles. The van der Waals surface area contributed by atoms with Crippen molar-refractivity contribution in [1.29, 1.82) is 0 Å². The van der Waals surface area contributed by atoms with Crippen LogP contribution in [0.4, 0.5) is 0 Å². The van der Waals surface area contributed by atoms with E-state index in [4.69, 9.17) is 9.47 Å². The first kappa shape index (κ1) is 22.8. The van der Waals surface area contributed by atoms with Crippen molar-refractivity contribution in [3.05, 3.63) is 82.6 Å². The van der Waals surface area contributed by atoms with Crippen LogP contribution < -0.4 is 0 Å². The molecule has 0 N–H and O–H groups in total. The van der Waals surface area contributed by atoms with Crippen LogP contribution >= 0.6 is 23.5 Å². The number of rotatable bonds is 10. The van der Waals surface area contributed by atoms with Crippen molar-refractivity contribution in [2.75, 3.05) is 14.2 Å². The summed E-state index contributed by atoms with van der Waals surface area (Å²) in [5, 5.41) is 2.03. The van der Waals surface area contributed by atoms with Gasteiger partial charge in [-0.3, -0.25) is 0 Å². The van der Waals surface area contributed by atoms with E-state index in [-0.39, 0.29) is 11.9 Å². The highest BCUT2D eigenvalue weighted by atomic mass is 32.2. The van der Waals surface area contributed by atoms with Crippen LogP contribution in [0.5, 0.6) is 0 Å². The van der Waals surface area contributed by atoms with Crippen molar-refractivity contribution < 1.29 is 19.1 Å². The van der Waals surface area contributed by atoms with Gasteiger partial charge in [0.05, 0.1) is 25.3 Å². The van der Waals surface area contributed by atoms with Crippen LogP contribution in [0.3, 0.4) is 0 Å². The summed E-state index contributed by atoms with van der Waals surface area (Å²) >= 11 is 3.01. The lowest BCUT2D eigenvalue weighted by Crippen LogP contribution is -2.03. The van der Waals surface area contributed by atoms with Gasteiger partial charge < -0.3 is 9.47 Å². The molecule has 4 nitrogen and oxygen atoms in total. The van der Waals surface area contributed by atoms with E-state index in [1.165, 1.54) is 37.7 Å². The highest BCUT2D eigenvalue weighted by molar-refractivity contribution is 8.06. The number of allylic oxidation sites excluding steroid dienone is 2. The molecule has 0 aliphatic rings. The Morgan fingerprint density at radius 1 is 0.931 bits per heavy atom. The van der Waals surface area contributed by atoms with Gasteiger partial charge in [0.1, 0.15) is 0 Å². The van der Waals surface area contributed by atoms with E-state index in [9.17, 15) is 9.59 Å². The van der Waals surface area contributed by atoms with Gasteiger partial charge in [-0.25, -0.2) is 9.59 Å². The third-order valence-electron chi connectivity index (χ3n) is 3.97. The molecule has 0 aliphatic carbocycles. The second-order valence-corrected chi connectivity index (χ2v) is 8.04. The molecule has 0 saturated carbocycles. The topological polar surface area (TPSA) is 52.6 Å². The second-order valence-electron chi connectivity index (χ2n) is 5.96. The molecule has 0 atom stereocenters. The van der Waals surface area contributed by atoms with Crippen LogP contribution in [-0.2, 0) is 9.47 Å². The summed E-state index contributed by atoms with van der Waals surface area (Å²) in [6.07, 6.45) is 4.58. The Morgan fingerprint density at radius 2 is 1.48 bits per heavy atom. The fraction of sp³-hybridized carbons (Fsp3) is 0.217. The van der Waals surface area contributed by atoms with E-state index < -0.39 is 0 Å². The Bertz CT molecular complexity index is 890. The third kappa shape index (κ3) is 6.84. The monoisotopic (exact) mass is 428 g/mol. The summed E-state index contributed by atoms with van der Waals surface area (Å²) in [4.78, 5) is 26.8. The first-order valence-electron chi connectivity index (χ1n) is 9.09. The van der Waals surface area contributed by atoms with Gasteiger partial charge in [0.15, 0.2) is 0 Å². The van der Waals surface area contributed by atoms with E-state index in [1.807, 2.05) is 47.9 Å². The number of ether oxygens (including phenoxy) is 2. The van der Waals surface area contributed by atoms with Crippen molar-refractivity contribution in [2.45, 2.75) is 29.1 Å². The van der Waals surface area contributed by atoms with Crippen molar-refractivity contribution >= 4 is 35.5 Å². The molecule has 0 aromatic heterocycles. The average Bonchev–Trinajstić information content (AvgIpc) is 2.77. The summed E-state index contributed by atoms with van der Waals surface area (Å²) in [6.45, 7) is 3.78. The molecule has 0 unspecified atom stereocenters. The molecule has 2 rings (SSSR count). The quantitative estimate of drug-likeness (QED) is 0.190. The van der Waals surface area contributed by atoms with Crippen LogP contribution in [0.15, 0.2) is 81.3 Å². The van der Waals surface area contributed by atoms with Gasteiger partial charge >= 0.3 is 11.9 Å². The molecule has 0 bridgehead atoms. The number of thioether (sulfide) groups is 2. The molecule has 29 heavy (non-hydrogen) atoms. The number of hydrogen-bond acceptors (Lipinski definition) is 6. The Labute approximate surface area is 180 Å². The van der Waals surface area contributed by atoms with Gasteiger partial charge in [-0.1, -0.05) is 53.9 Å². The fourth-order valence-electron chi connectivity index (χ4n) is 2.51. The van der Waals surface area contributed by atoms with Crippen LogP contribution in [-0.4, -0.2) is 26.2 Å². The molecule has 0 heterocycles. The number of esters is 2. The molecule has 0 fully saturated rings. The summed E-state index contributed by atoms with van der Waals surface area (Å²) in [6, 6.07) is 14.7. The van der Waals surface area contributed by atoms with Crippen LogP contribution in [0.2, 0.25) is 0 Å². The molecule has 0 amide bonds. The predicted octanol–water partition coefficient (Wildman–Crippen LogP) is 6.34. The summed E-state index contributed by atoms with van der Waals surface area (Å²) in [7, 11) is 2.75. The molecule has 2 aromatic carbocycles. The highest BCUT2D eigenvalue weighted by Gasteiger charge is 2.14. The van der Waals surface area contributed by atoms with E-state index in [2.05, 4.69) is 6.58 Å². The molecule has 6 heteroatoms. The van der Waals surface area contributed by atoms with Crippen LogP contribution in [0.25, 0.3) is 0 Å². The molecule has 0 aliphatic heterocycles. The van der Waals surface area contributed by atoms with Crippen molar-refractivity contribution in [3.8, 4) is 0 Å². The smallest absolute Gasteiger partial charge is 0.339 e. The minimum Gasteiger partial charge on any atom is -0.465 e. The molecule has 152 valence electrons. The zero-order valence-electron chi connectivity index (χ0n) is 16.6. The largest absolute Gasteiger partial charge is 0.465 e. The Morgan fingerprint density at radius 3 is 2.07 bits per heavy atom. The number of hydrogen-bond donors (Lipinski definition) is 0. The van der Waals surface area contributed by atoms with E-state index in [0.717, 1.165) is 34.0 Å². The number of carbonyl (C=O) groups excluding carboxylic acids is 2. The van der Waals surface area contributed by atoms with Gasteiger partial charge in [-0.05, 0) is 53.8 Å². The lowest BCUT2D eigenvalue weighted by Gasteiger charge is -2.11. The van der Waals surface area contributed by atoms with Crippen molar-refractivity contribution in [3.63, 3.8) is 0 Å². The zero-order chi connectivity index (χ0) is 21.1. The van der Waals surface area contributed by atoms with Gasteiger partial charge in [-0.2, -0.15) is 0 Å².